The van der Waals surface area contributed by atoms with Crippen molar-refractivity contribution in [3.63, 3.8) is 0 Å². The molecule has 32 heavy (non-hydrogen) atoms. The number of hydrogen-bond acceptors (Lipinski definition) is 5. The van der Waals surface area contributed by atoms with E-state index in [1.165, 1.54) is 7.11 Å². The van der Waals surface area contributed by atoms with Crippen molar-refractivity contribution in [3.05, 3.63) is 52.7 Å². The number of alkyl halides is 3. The van der Waals surface area contributed by atoms with Crippen LogP contribution in [0.5, 0.6) is 11.5 Å². The number of rotatable bonds is 6. The van der Waals surface area contributed by atoms with Gasteiger partial charge in [-0.1, -0.05) is 29.8 Å². The average Bonchev–Trinajstić information content (AvgIpc) is 2.77. The molecular weight excluding hydrogens is 447 g/mol. The van der Waals surface area contributed by atoms with Crippen LogP contribution in [0.2, 0.25) is 5.02 Å². The minimum absolute atomic E-state index is 0.0728. The number of pyridine rings is 1. The summed E-state index contributed by atoms with van der Waals surface area (Å²) in [5, 5.41) is -0.0728. The molecule has 1 aliphatic rings. The van der Waals surface area contributed by atoms with E-state index < -0.39 is 11.7 Å². The van der Waals surface area contributed by atoms with E-state index >= 15 is 0 Å². The minimum Gasteiger partial charge on any atom is -0.493 e. The highest BCUT2D eigenvalue weighted by atomic mass is 35.5. The minimum atomic E-state index is -4.50. The first kappa shape index (κ1) is 23.7. The lowest BCUT2D eigenvalue weighted by molar-refractivity contribution is -0.138. The zero-order chi connectivity index (χ0) is 23.3. The van der Waals surface area contributed by atoms with Crippen molar-refractivity contribution >= 4 is 29.4 Å². The number of piperazine rings is 1. The standard InChI is InChI=1S/C22H23ClF3N3O3/c1-3-4-15-5-6-18(19(11-15)31-2)32-14-20(30)28-7-9-29(10-8-28)21-17(23)12-16(13-27-21)22(24,25)26/h3-6,11-13H,7-10,14H2,1-2H3/b4-3+. The predicted molar refractivity (Wildman–Crippen MR) is 116 cm³/mol. The molecule has 10 heteroatoms. The molecule has 1 aliphatic heterocycles. The van der Waals surface area contributed by atoms with E-state index in [1.54, 1.807) is 15.9 Å². The lowest BCUT2D eigenvalue weighted by Crippen LogP contribution is -2.50. The van der Waals surface area contributed by atoms with Gasteiger partial charge in [0.05, 0.1) is 17.7 Å². The van der Waals surface area contributed by atoms with E-state index in [-0.39, 0.29) is 23.4 Å². The van der Waals surface area contributed by atoms with Crippen molar-refractivity contribution in [1.29, 1.82) is 0 Å². The molecule has 0 saturated carbocycles. The monoisotopic (exact) mass is 469 g/mol. The van der Waals surface area contributed by atoms with Gasteiger partial charge in [0.15, 0.2) is 18.1 Å². The summed E-state index contributed by atoms with van der Waals surface area (Å²) in [6, 6.07) is 6.29. The van der Waals surface area contributed by atoms with Crippen LogP contribution in [0.4, 0.5) is 19.0 Å². The number of methoxy groups -OCH3 is 1. The number of halogens is 4. The largest absolute Gasteiger partial charge is 0.493 e. The smallest absolute Gasteiger partial charge is 0.417 e. The molecule has 0 aliphatic carbocycles. The fourth-order valence-corrected chi connectivity index (χ4v) is 3.60. The second kappa shape index (κ2) is 10.1. The maximum absolute atomic E-state index is 12.8. The highest BCUT2D eigenvalue weighted by Crippen LogP contribution is 2.34. The number of allylic oxidation sites excluding steroid dienone is 1. The van der Waals surface area contributed by atoms with Gasteiger partial charge in [-0.2, -0.15) is 13.2 Å². The van der Waals surface area contributed by atoms with Crippen LogP contribution in [-0.4, -0.2) is 55.7 Å². The van der Waals surface area contributed by atoms with E-state index in [0.29, 0.717) is 37.7 Å². The molecule has 0 atom stereocenters. The first-order valence-electron chi connectivity index (χ1n) is 9.92. The van der Waals surface area contributed by atoms with Crippen LogP contribution in [-0.2, 0) is 11.0 Å². The van der Waals surface area contributed by atoms with Gasteiger partial charge in [0.2, 0.25) is 0 Å². The van der Waals surface area contributed by atoms with E-state index in [2.05, 4.69) is 4.98 Å². The van der Waals surface area contributed by atoms with Gasteiger partial charge in [-0.25, -0.2) is 4.98 Å². The maximum Gasteiger partial charge on any atom is 0.417 e. The Morgan fingerprint density at radius 2 is 1.91 bits per heavy atom. The summed E-state index contributed by atoms with van der Waals surface area (Å²) in [6.45, 7) is 3.29. The molecule has 0 bridgehead atoms. The Labute approximate surface area is 189 Å². The van der Waals surface area contributed by atoms with Gasteiger partial charge < -0.3 is 19.3 Å². The van der Waals surface area contributed by atoms with Crippen LogP contribution in [0.3, 0.4) is 0 Å². The first-order valence-corrected chi connectivity index (χ1v) is 10.3. The van der Waals surface area contributed by atoms with Gasteiger partial charge in [-0.05, 0) is 30.7 Å². The maximum atomic E-state index is 12.8. The number of benzene rings is 1. The summed E-state index contributed by atoms with van der Waals surface area (Å²) >= 11 is 6.02. The predicted octanol–water partition coefficient (Wildman–Crippen LogP) is 4.52. The molecule has 6 nitrogen and oxygen atoms in total. The summed E-state index contributed by atoms with van der Waals surface area (Å²) in [4.78, 5) is 19.8. The Morgan fingerprint density at radius 3 is 2.50 bits per heavy atom. The molecule has 0 N–H and O–H groups in total. The molecule has 1 aromatic carbocycles. The number of carbonyl (C=O) groups is 1. The van der Waals surface area contributed by atoms with Crippen LogP contribution in [0.1, 0.15) is 18.1 Å². The Kier molecular flexibility index (Phi) is 7.50. The van der Waals surface area contributed by atoms with Gasteiger partial charge in [-0.15, -0.1) is 0 Å². The summed E-state index contributed by atoms with van der Waals surface area (Å²) in [7, 11) is 1.53. The number of nitrogens with zero attached hydrogens (tertiary/aromatic N) is 3. The Bertz CT molecular complexity index is 990. The topological polar surface area (TPSA) is 54.9 Å². The van der Waals surface area contributed by atoms with Crippen LogP contribution in [0.15, 0.2) is 36.5 Å². The Hall–Kier alpha value is -2.94. The van der Waals surface area contributed by atoms with Crippen molar-refractivity contribution in [2.24, 2.45) is 0 Å². The van der Waals surface area contributed by atoms with E-state index in [9.17, 15) is 18.0 Å². The molecular formula is C22H23ClF3N3O3. The van der Waals surface area contributed by atoms with Crippen molar-refractivity contribution in [2.45, 2.75) is 13.1 Å². The third kappa shape index (κ3) is 5.64. The SMILES string of the molecule is C/C=C/c1ccc(OCC(=O)N2CCN(c3ncc(C(F)(F)F)cc3Cl)CC2)c(OC)c1. The summed E-state index contributed by atoms with van der Waals surface area (Å²) < 4.78 is 49.4. The van der Waals surface area contributed by atoms with Crippen molar-refractivity contribution in [3.8, 4) is 11.5 Å². The lowest BCUT2D eigenvalue weighted by atomic mass is 10.2. The molecule has 1 fully saturated rings. The van der Waals surface area contributed by atoms with Crippen LogP contribution < -0.4 is 14.4 Å². The number of amides is 1. The average molecular weight is 470 g/mol. The summed E-state index contributed by atoms with van der Waals surface area (Å²) in [5.74, 6) is 1.07. The molecule has 0 unspecified atom stereocenters. The van der Waals surface area contributed by atoms with Gasteiger partial charge in [0.1, 0.15) is 5.82 Å². The molecule has 1 amide bonds. The highest BCUT2D eigenvalue weighted by molar-refractivity contribution is 6.33. The molecule has 0 spiro atoms. The third-order valence-corrected chi connectivity index (χ3v) is 5.26. The zero-order valence-corrected chi connectivity index (χ0v) is 18.4. The second-order valence-electron chi connectivity index (χ2n) is 7.09. The van der Waals surface area contributed by atoms with Crippen molar-refractivity contribution in [1.82, 2.24) is 9.88 Å². The van der Waals surface area contributed by atoms with Crippen LogP contribution in [0, 0.1) is 0 Å². The second-order valence-corrected chi connectivity index (χ2v) is 7.50. The normalized spacial score (nSPS) is 14.7. The summed E-state index contributed by atoms with van der Waals surface area (Å²) in [5.41, 5.74) is 0.0566. The number of anilines is 1. The highest BCUT2D eigenvalue weighted by Gasteiger charge is 2.32. The van der Waals surface area contributed by atoms with E-state index in [0.717, 1.165) is 17.8 Å². The quantitative estimate of drug-likeness (QED) is 0.622. The van der Waals surface area contributed by atoms with Crippen molar-refractivity contribution < 1.29 is 27.4 Å². The number of aromatic nitrogens is 1. The lowest BCUT2D eigenvalue weighted by Gasteiger charge is -2.35. The van der Waals surface area contributed by atoms with Crippen molar-refractivity contribution in [2.75, 3.05) is 44.8 Å². The molecule has 172 valence electrons. The molecule has 0 radical (unpaired) electrons. The number of ether oxygens (including phenoxy) is 2. The van der Waals surface area contributed by atoms with E-state index in [4.69, 9.17) is 21.1 Å². The zero-order valence-electron chi connectivity index (χ0n) is 17.7. The summed E-state index contributed by atoms with van der Waals surface area (Å²) in [6.07, 6.45) is 0.0953. The fraction of sp³-hybridized carbons (Fsp3) is 0.364. The molecule has 1 aromatic heterocycles. The van der Waals surface area contributed by atoms with Gasteiger partial charge in [0.25, 0.3) is 5.91 Å². The Balaban J connectivity index is 1.56. The third-order valence-electron chi connectivity index (χ3n) is 4.98. The number of hydrogen-bond donors (Lipinski definition) is 0. The molecule has 2 aromatic rings. The van der Waals surface area contributed by atoms with Gasteiger partial charge in [0, 0.05) is 32.4 Å². The van der Waals surface area contributed by atoms with Gasteiger partial charge in [-0.3, -0.25) is 4.79 Å². The Morgan fingerprint density at radius 1 is 1.19 bits per heavy atom. The molecule has 2 heterocycles. The molecule has 1 saturated heterocycles. The van der Waals surface area contributed by atoms with Gasteiger partial charge >= 0.3 is 6.18 Å². The molecule has 3 rings (SSSR count). The number of carbonyl (C=O) groups excluding carboxylic acids is 1. The van der Waals surface area contributed by atoms with Crippen LogP contribution >= 0.6 is 11.6 Å². The first-order chi connectivity index (χ1) is 15.2. The fourth-order valence-electron chi connectivity index (χ4n) is 3.32. The van der Waals surface area contributed by atoms with E-state index in [1.807, 2.05) is 31.2 Å². The van der Waals surface area contributed by atoms with Crippen LogP contribution in [0.25, 0.3) is 6.08 Å².